The van der Waals surface area contributed by atoms with Crippen LogP contribution in [0.5, 0.6) is 5.88 Å². The smallest absolute Gasteiger partial charge is 0.270 e. The van der Waals surface area contributed by atoms with E-state index < -0.39 is 6.43 Å². The van der Waals surface area contributed by atoms with Crippen LogP contribution in [0.2, 0.25) is 0 Å². The molecule has 5 nitrogen and oxygen atoms in total. The second kappa shape index (κ2) is 6.42. The molecule has 7 heteroatoms. The summed E-state index contributed by atoms with van der Waals surface area (Å²) >= 11 is 0. The molecule has 0 aromatic carbocycles. The van der Waals surface area contributed by atoms with E-state index in [1.807, 2.05) is 0 Å². The topological polar surface area (TPSA) is 47.5 Å². The fourth-order valence-electron chi connectivity index (χ4n) is 3.83. The number of alkyl halides is 2. The maximum absolute atomic E-state index is 12.9. The Balaban J connectivity index is 1.66. The molecule has 3 heterocycles. The van der Waals surface area contributed by atoms with Gasteiger partial charge in [0.25, 0.3) is 6.43 Å². The molecule has 2 aliphatic rings. The maximum Gasteiger partial charge on any atom is 0.270 e. The van der Waals surface area contributed by atoms with Gasteiger partial charge in [-0.3, -0.25) is 4.90 Å². The Hall–Kier alpha value is -1.34. The van der Waals surface area contributed by atoms with Gasteiger partial charge < -0.3 is 9.47 Å². The predicted molar refractivity (Wildman–Crippen MR) is 76.1 cm³/mol. The minimum Gasteiger partial charge on any atom is -0.476 e. The van der Waals surface area contributed by atoms with Crippen molar-refractivity contribution in [2.75, 3.05) is 26.9 Å². The van der Waals surface area contributed by atoms with E-state index in [1.165, 1.54) is 6.33 Å². The Morgan fingerprint density at radius 3 is 3.09 bits per heavy atom. The summed E-state index contributed by atoms with van der Waals surface area (Å²) in [5, 5.41) is 0. The molecular weight excluding hydrogens is 292 g/mol. The van der Waals surface area contributed by atoms with Gasteiger partial charge in [0.2, 0.25) is 5.88 Å². The highest BCUT2D eigenvalue weighted by Crippen LogP contribution is 2.42. The van der Waals surface area contributed by atoms with Crippen molar-refractivity contribution >= 4 is 0 Å². The molecule has 2 aliphatic heterocycles. The number of rotatable bonds is 6. The van der Waals surface area contributed by atoms with Crippen molar-refractivity contribution in [3.8, 4) is 5.88 Å². The molecule has 0 N–H and O–H groups in total. The molecule has 0 saturated carbocycles. The Morgan fingerprint density at radius 1 is 1.45 bits per heavy atom. The van der Waals surface area contributed by atoms with E-state index >= 15 is 0 Å². The monoisotopic (exact) mass is 313 g/mol. The van der Waals surface area contributed by atoms with Crippen LogP contribution in [0.25, 0.3) is 0 Å². The molecular formula is C15H21F2N3O2. The average Bonchev–Trinajstić information content (AvgIpc) is 3.05. The summed E-state index contributed by atoms with van der Waals surface area (Å²) < 4.78 is 36.8. The molecule has 122 valence electrons. The Morgan fingerprint density at radius 2 is 2.32 bits per heavy atom. The molecule has 2 saturated heterocycles. The first kappa shape index (κ1) is 15.6. The lowest BCUT2D eigenvalue weighted by molar-refractivity contribution is 0.0390. The first-order chi connectivity index (χ1) is 10.7. The molecule has 2 fully saturated rings. The fourth-order valence-corrected chi connectivity index (χ4v) is 3.83. The summed E-state index contributed by atoms with van der Waals surface area (Å²) in [5.41, 5.74) is -0.134. The van der Waals surface area contributed by atoms with Crippen molar-refractivity contribution in [1.29, 1.82) is 0 Å². The van der Waals surface area contributed by atoms with E-state index in [-0.39, 0.29) is 23.0 Å². The minimum atomic E-state index is -2.63. The largest absolute Gasteiger partial charge is 0.476 e. The van der Waals surface area contributed by atoms with Crippen LogP contribution in [-0.4, -0.2) is 53.3 Å². The number of hydrogen-bond acceptors (Lipinski definition) is 5. The third kappa shape index (κ3) is 2.79. The molecule has 1 aromatic rings. The number of aromatic nitrogens is 2. The van der Waals surface area contributed by atoms with Gasteiger partial charge in [0, 0.05) is 24.9 Å². The summed E-state index contributed by atoms with van der Waals surface area (Å²) in [6.07, 6.45) is 4.08. The lowest BCUT2D eigenvalue weighted by atomic mass is 9.95. The molecule has 0 unspecified atom stereocenters. The van der Waals surface area contributed by atoms with Crippen LogP contribution in [0.4, 0.5) is 8.78 Å². The van der Waals surface area contributed by atoms with Crippen molar-refractivity contribution in [3.63, 3.8) is 0 Å². The molecule has 0 amide bonds. The lowest BCUT2D eigenvalue weighted by Crippen LogP contribution is -2.47. The number of ether oxygens (including phenoxy) is 2. The third-order valence-electron chi connectivity index (χ3n) is 4.80. The number of halogens is 2. The first-order valence-electron chi connectivity index (χ1n) is 7.63. The van der Waals surface area contributed by atoms with Gasteiger partial charge in [-0.15, -0.1) is 0 Å². The number of methoxy groups -OCH3 is 1. The van der Waals surface area contributed by atoms with Crippen LogP contribution in [0.15, 0.2) is 12.5 Å². The first-order valence-corrected chi connectivity index (χ1v) is 7.63. The van der Waals surface area contributed by atoms with Crippen LogP contribution < -0.4 is 4.74 Å². The van der Waals surface area contributed by atoms with Gasteiger partial charge in [0.15, 0.2) is 0 Å². The second-order valence-corrected chi connectivity index (χ2v) is 6.04. The zero-order valence-corrected chi connectivity index (χ0v) is 12.7. The van der Waals surface area contributed by atoms with E-state index in [0.717, 1.165) is 45.0 Å². The fraction of sp³-hybridized carbons (Fsp3) is 0.733. The van der Waals surface area contributed by atoms with Crippen LogP contribution >= 0.6 is 0 Å². The molecule has 0 radical (unpaired) electrons. The number of hydrogen-bond donors (Lipinski definition) is 0. The zero-order valence-electron chi connectivity index (χ0n) is 12.7. The van der Waals surface area contributed by atoms with Gasteiger partial charge in [-0.1, -0.05) is 0 Å². The molecule has 22 heavy (non-hydrogen) atoms. The zero-order chi connectivity index (χ0) is 15.6. The van der Waals surface area contributed by atoms with Crippen molar-refractivity contribution in [2.24, 2.45) is 0 Å². The highest BCUT2D eigenvalue weighted by atomic mass is 19.3. The molecule has 0 bridgehead atoms. The molecule has 0 spiro atoms. The van der Waals surface area contributed by atoms with Crippen molar-refractivity contribution in [1.82, 2.24) is 14.9 Å². The van der Waals surface area contributed by atoms with Gasteiger partial charge in [-0.2, -0.15) is 0 Å². The number of nitrogens with zero attached hydrogens (tertiary/aromatic N) is 3. The van der Waals surface area contributed by atoms with Crippen molar-refractivity contribution in [3.05, 3.63) is 18.1 Å². The predicted octanol–water partition coefficient (Wildman–Crippen LogP) is 2.44. The number of fused-ring (bicyclic) bond motifs is 1. The summed E-state index contributed by atoms with van der Waals surface area (Å²) in [6, 6.07) is 0.234. The summed E-state index contributed by atoms with van der Waals surface area (Å²) in [6.45, 7) is 2.12. The van der Waals surface area contributed by atoms with E-state index in [0.29, 0.717) is 6.61 Å². The van der Waals surface area contributed by atoms with E-state index in [9.17, 15) is 8.78 Å². The standard InChI is InChI=1S/C15H21F2N3O2/c1-21-9-15-4-2-6-20(15)11(3-5-15)8-22-14-12(13(16)17)7-18-10-19-14/h7,10-11,13H,2-6,8-9H2,1H3/t11-,15-/m0/s1. The van der Waals surface area contributed by atoms with Crippen molar-refractivity contribution < 1.29 is 18.3 Å². The average molecular weight is 313 g/mol. The van der Waals surface area contributed by atoms with Crippen molar-refractivity contribution in [2.45, 2.75) is 43.7 Å². The van der Waals surface area contributed by atoms with Crippen LogP contribution in [0.3, 0.4) is 0 Å². The highest BCUT2D eigenvalue weighted by molar-refractivity contribution is 5.23. The molecule has 3 rings (SSSR count). The van der Waals surface area contributed by atoms with Gasteiger partial charge in [-0.05, 0) is 32.2 Å². The molecule has 0 aliphatic carbocycles. The minimum absolute atomic E-state index is 0.00608. The SMILES string of the molecule is COC[C@@]12CCCN1[C@H](COc1ncncc1C(F)F)CC2. The summed E-state index contributed by atoms with van der Waals surface area (Å²) in [4.78, 5) is 9.91. The highest BCUT2D eigenvalue weighted by Gasteiger charge is 2.49. The van der Waals surface area contributed by atoms with Crippen LogP contribution in [-0.2, 0) is 4.74 Å². The Labute approximate surface area is 128 Å². The summed E-state index contributed by atoms with van der Waals surface area (Å²) in [5.74, 6) is -0.00608. The second-order valence-electron chi connectivity index (χ2n) is 6.04. The van der Waals surface area contributed by atoms with E-state index in [2.05, 4.69) is 14.9 Å². The van der Waals surface area contributed by atoms with E-state index in [4.69, 9.17) is 9.47 Å². The maximum atomic E-state index is 12.9. The molecule has 1 aromatic heterocycles. The van der Waals surface area contributed by atoms with Crippen LogP contribution in [0.1, 0.15) is 37.7 Å². The van der Waals surface area contributed by atoms with Gasteiger partial charge in [0.1, 0.15) is 12.9 Å². The lowest BCUT2D eigenvalue weighted by Gasteiger charge is -2.34. The van der Waals surface area contributed by atoms with Crippen LogP contribution in [0, 0.1) is 0 Å². The Kier molecular flexibility index (Phi) is 4.54. The molecule has 2 atom stereocenters. The van der Waals surface area contributed by atoms with Gasteiger partial charge in [-0.25, -0.2) is 18.7 Å². The normalized spacial score (nSPS) is 28.3. The van der Waals surface area contributed by atoms with E-state index in [1.54, 1.807) is 7.11 Å². The summed E-state index contributed by atoms with van der Waals surface area (Å²) in [7, 11) is 1.73. The van der Waals surface area contributed by atoms with Gasteiger partial charge in [0.05, 0.1) is 12.2 Å². The third-order valence-corrected chi connectivity index (χ3v) is 4.80. The quantitative estimate of drug-likeness (QED) is 0.807. The van der Waals surface area contributed by atoms with Gasteiger partial charge >= 0.3 is 0 Å². The Bertz CT molecular complexity index is 517.